The number of aromatic nitrogens is 2. The largest absolute Gasteiger partial charge is 0.493 e. The van der Waals surface area contributed by atoms with Crippen LogP contribution in [0.15, 0.2) is 48.5 Å². The average Bonchev–Trinajstić information content (AvgIpc) is 1.59. The molecular weight excluding hydrogens is 1260 g/mol. The van der Waals surface area contributed by atoms with Crippen molar-refractivity contribution < 1.29 is 100 Å². The summed E-state index contributed by atoms with van der Waals surface area (Å²) in [5, 5.41) is 14.1. The standard InChI is InChI=1S/C63H82N12O21/c1-72(22-23-73(2)63(86)96-47-35-46-41(42-34-45(60(83)90-6)71-55(42)47)15-20-74(46)59(82)44-32-39-33-48(87-3)56(88-4)57(89-5)54(39)70-44)62(85)95-37-38-9-11-40(12-10-38)68-58(81)43(8-7-18-66-61(64)84)69-51(78)36-67-50(77)17-24-91-26-28-93-30-31-94-29-27-92-25-19-65-49(76)16-21-75-52(79)13-14-53(75)80/h9-12,32-35,43,70-71H,7-8,13-31,36-37H2,1-6H3,(H,65,76)(H,67,77)(H,68,81)(H,69,78)(H3,64,66,84)/t43-/m0/s1. The quantitative estimate of drug-likeness (QED) is 0.0160. The zero-order chi connectivity index (χ0) is 69.3. The Morgan fingerprint density at radius 1 is 0.646 bits per heavy atom. The van der Waals surface area contributed by atoms with Gasteiger partial charge in [-0.15, -0.1) is 0 Å². The number of anilines is 2. The van der Waals surface area contributed by atoms with Gasteiger partial charge in [0.15, 0.2) is 17.2 Å². The number of esters is 1. The number of fused-ring (bicyclic) bond motifs is 4. The van der Waals surface area contributed by atoms with Crippen LogP contribution in [-0.2, 0) is 70.2 Å². The van der Waals surface area contributed by atoms with Crippen molar-refractivity contribution in [3.05, 3.63) is 71.0 Å². The summed E-state index contributed by atoms with van der Waals surface area (Å²) < 4.78 is 54.9. The number of aromatic amines is 2. The summed E-state index contributed by atoms with van der Waals surface area (Å²) in [6, 6.07) is 11.0. The van der Waals surface area contributed by atoms with Crippen LogP contribution in [0.5, 0.6) is 23.0 Å². The molecule has 0 unspecified atom stereocenters. The van der Waals surface area contributed by atoms with Gasteiger partial charge in [0.25, 0.3) is 5.91 Å². The van der Waals surface area contributed by atoms with Crippen LogP contribution in [0.3, 0.4) is 0 Å². The molecule has 33 nitrogen and oxygen atoms in total. The molecular formula is C63H82N12O21. The second kappa shape index (κ2) is 36.4. The van der Waals surface area contributed by atoms with Gasteiger partial charge in [-0.25, -0.2) is 19.2 Å². The summed E-state index contributed by atoms with van der Waals surface area (Å²) >= 11 is 0. The maximum Gasteiger partial charge on any atom is 0.415 e. The number of nitrogens with zero attached hydrogens (tertiary/aromatic N) is 4. The zero-order valence-electron chi connectivity index (χ0n) is 54.4. The third kappa shape index (κ3) is 20.6. The average molecular weight is 1340 g/mol. The Labute approximate surface area is 551 Å². The topological polar surface area (TPSA) is 411 Å². The molecule has 2 aliphatic heterocycles. The molecule has 520 valence electrons. The number of hydrogen-bond donors (Lipinski definition) is 8. The van der Waals surface area contributed by atoms with Crippen LogP contribution in [0.25, 0.3) is 21.8 Å². The summed E-state index contributed by atoms with van der Waals surface area (Å²) in [7, 11) is 8.63. The number of imide groups is 1. The van der Waals surface area contributed by atoms with Gasteiger partial charge in [0.1, 0.15) is 24.0 Å². The number of nitrogens with one attached hydrogen (secondary N) is 7. The first-order valence-electron chi connectivity index (χ1n) is 30.8. The lowest BCUT2D eigenvalue weighted by molar-refractivity contribution is -0.138. The number of amides is 11. The van der Waals surface area contributed by atoms with Gasteiger partial charge < -0.3 is 104 Å². The van der Waals surface area contributed by atoms with E-state index in [9.17, 15) is 52.7 Å². The molecule has 3 aromatic carbocycles. The smallest absolute Gasteiger partial charge is 0.415 e. The van der Waals surface area contributed by atoms with Crippen molar-refractivity contribution in [3.63, 3.8) is 0 Å². The highest BCUT2D eigenvalue weighted by Crippen LogP contribution is 2.45. The first-order chi connectivity index (χ1) is 46.2. The van der Waals surface area contributed by atoms with Crippen molar-refractivity contribution in [1.29, 1.82) is 0 Å². The normalized spacial score (nSPS) is 12.8. The summed E-state index contributed by atoms with van der Waals surface area (Å²) in [5.74, 6) is -2.47. The fourth-order valence-electron chi connectivity index (χ4n) is 10.2. The fraction of sp³-hybridized carbons (Fsp3) is 0.476. The highest BCUT2D eigenvalue weighted by Gasteiger charge is 2.33. The number of likely N-dealkylation sites (N-methyl/N-ethyl adjacent to an activating group) is 2. The minimum Gasteiger partial charge on any atom is -0.493 e. The lowest BCUT2D eigenvalue weighted by Gasteiger charge is -2.22. The van der Waals surface area contributed by atoms with E-state index in [1.165, 1.54) is 52.3 Å². The number of carbonyl (C=O) groups excluding carboxylic acids is 11. The number of methoxy groups -OCH3 is 4. The Kier molecular flexibility index (Phi) is 27.8. The zero-order valence-corrected chi connectivity index (χ0v) is 54.4. The minimum atomic E-state index is -1.09. The number of H-pyrrole nitrogens is 2. The van der Waals surface area contributed by atoms with E-state index in [1.54, 1.807) is 53.4 Å². The second-order valence-electron chi connectivity index (χ2n) is 21.9. The molecule has 2 aliphatic rings. The number of hydrogen-bond acceptors (Lipinski definition) is 21. The highest BCUT2D eigenvalue weighted by molar-refractivity contribution is 6.12. The van der Waals surface area contributed by atoms with E-state index in [-0.39, 0.29) is 152 Å². The van der Waals surface area contributed by atoms with Gasteiger partial charge >= 0.3 is 24.2 Å². The molecule has 33 heteroatoms. The van der Waals surface area contributed by atoms with Crippen LogP contribution in [-0.4, -0.2) is 237 Å². The Hall–Kier alpha value is -10.3. The van der Waals surface area contributed by atoms with Crippen LogP contribution in [0, 0.1) is 0 Å². The van der Waals surface area contributed by atoms with Crippen molar-refractivity contribution in [1.82, 2.24) is 45.9 Å². The van der Waals surface area contributed by atoms with Crippen LogP contribution in [0.2, 0.25) is 0 Å². The summed E-state index contributed by atoms with van der Waals surface area (Å²) in [4.78, 5) is 151. The van der Waals surface area contributed by atoms with Crippen LogP contribution in [0.4, 0.5) is 25.8 Å². The Bertz CT molecular complexity index is 3580. The number of benzene rings is 3. The number of carbonyl (C=O) groups is 11. The SMILES string of the molecule is COC(=O)c1cc2c3c(cc(OC(=O)N(C)CCN(C)C(=O)OCc4ccc(NC(=O)[C@H](CCCNC(N)=O)NC(=O)CNC(=O)CCOCCOCCOCCOCCNC(=O)CCN5C(=O)CCC5=O)cc4)c2[nH]1)N(C(=O)c1cc2cc(OC)c(OC)c(OC)c2[nH]1)CC3. The number of nitrogens with two attached hydrogens (primary N) is 1. The molecule has 0 radical (unpaired) electrons. The van der Waals surface area contributed by atoms with Crippen molar-refractivity contribution >= 4 is 98.7 Å². The Balaban J connectivity index is 0.792. The van der Waals surface area contributed by atoms with Crippen molar-refractivity contribution in [2.75, 3.05) is 151 Å². The molecule has 7 rings (SSSR count). The van der Waals surface area contributed by atoms with E-state index in [4.69, 9.17) is 53.1 Å². The predicted octanol–water partition coefficient (Wildman–Crippen LogP) is 2.46. The maximum absolute atomic E-state index is 14.3. The van der Waals surface area contributed by atoms with Gasteiger partial charge in [0.05, 0.1) is 105 Å². The number of primary amides is 1. The first-order valence-corrected chi connectivity index (χ1v) is 30.8. The highest BCUT2D eigenvalue weighted by atomic mass is 16.6. The maximum atomic E-state index is 14.3. The molecule has 96 heavy (non-hydrogen) atoms. The van der Waals surface area contributed by atoms with Crippen molar-refractivity contribution in [3.8, 4) is 23.0 Å². The molecule has 0 saturated carbocycles. The molecule has 4 heterocycles. The number of rotatable bonds is 38. The monoisotopic (exact) mass is 1340 g/mol. The lowest BCUT2D eigenvalue weighted by atomic mass is 10.1. The van der Waals surface area contributed by atoms with E-state index in [2.05, 4.69) is 36.6 Å². The molecule has 5 aromatic rings. The van der Waals surface area contributed by atoms with E-state index in [0.717, 1.165) is 10.5 Å². The first kappa shape index (κ1) is 73.2. The van der Waals surface area contributed by atoms with E-state index in [1.807, 2.05) is 0 Å². The molecule has 0 spiro atoms. The third-order valence-electron chi connectivity index (χ3n) is 15.3. The Morgan fingerprint density at radius 3 is 1.93 bits per heavy atom. The molecule has 11 amide bonds. The van der Waals surface area contributed by atoms with Gasteiger partial charge in [-0.1, -0.05) is 12.1 Å². The minimum absolute atomic E-state index is 0.00570. The van der Waals surface area contributed by atoms with Crippen LogP contribution >= 0.6 is 0 Å². The van der Waals surface area contributed by atoms with Gasteiger partial charge in [-0.3, -0.25) is 38.5 Å². The molecule has 0 bridgehead atoms. The second-order valence-corrected chi connectivity index (χ2v) is 21.9. The van der Waals surface area contributed by atoms with E-state index >= 15 is 0 Å². The lowest BCUT2D eigenvalue weighted by Crippen LogP contribution is -2.47. The summed E-state index contributed by atoms with van der Waals surface area (Å²) in [6.45, 7) is 2.05. The van der Waals surface area contributed by atoms with E-state index < -0.39 is 60.4 Å². The van der Waals surface area contributed by atoms with Crippen LogP contribution in [0.1, 0.15) is 70.6 Å². The Morgan fingerprint density at radius 2 is 1.28 bits per heavy atom. The van der Waals surface area contributed by atoms with E-state index in [0.29, 0.717) is 82.2 Å². The summed E-state index contributed by atoms with van der Waals surface area (Å²) in [6.07, 6.45) is -0.428. The molecule has 1 atom stereocenters. The molecule has 1 saturated heterocycles. The van der Waals surface area contributed by atoms with Crippen molar-refractivity contribution in [2.45, 2.75) is 57.6 Å². The number of urea groups is 1. The molecule has 9 N–H and O–H groups in total. The van der Waals surface area contributed by atoms with Gasteiger partial charge in [-0.2, -0.15) is 0 Å². The third-order valence-corrected chi connectivity index (χ3v) is 15.3. The van der Waals surface area contributed by atoms with Gasteiger partial charge in [-0.05, 0) is 60.7 Å². The molecule has 0 aliphatic carbocycles. The predicted molar refractivity (Wildman–Crippen MR) is 343 cm³/mol. The van der Waals surface area contributed by atoms with Gasteiger partial charge in [0.2, 0.25) is 41.2 Å². The van der Waals surface area contributed by atoms with Crippen molar-refractivity contribution in [2.24, 2.45) is 5.73 Å². The fourth-order valence-corrected chi connectivity index (χ4v) is 10.2. The molecule has 1 fully saturated rings. The number of ether oxygens (including phenoxy) is 10. The molecule has 2 aromatic heterocycles. The van der Waals surface area contributed by atoms with Gasteiger partial charge in [0, 0.05) is 102 Å². The number of likely N-dealkylation sites (tertiary alicyclic amines) is 1. The summed E-state index contributed by atoms with van der Waals surface area (Å²) in [5.41, 5.74) is 8.42. The van der Waals surface area contributed by atoms with Crippen LogP contribution < -0.4 is 56.2 Å².